The van der Waals surface area contributed by atoms with Gasteiger partial charge in [-0.2, -0.15) is 0 Å². The van der Waals surface area contributed by atoms with Gasteiger partial charge in [-0.15, -0.1) is 0 Å². The van der Waals surface area contributed by atoms with E-state index < -0.39 is 0 Å². The zero-order valence-electron chi connectivity index (χ0n) is 4.97. The van der Waals surface area contributed by atoms with Crippen molar-refractivity contribution in [3.63, 3.8) is 0 Å². The number of hydrogen-bond acceptors (Lipinski definition) is 1. The molecule has 1 aromatic carbocycles. The zero-order chi connectivity index (χ0) is 7.56. The summed E-state index contributed by atoms with van der Waals surface area (Å²) in [6, 6.07) is 6.82. The molecule has 0 radical (unpaired) electrons. The van der Waals surface area contributed by atoms with Crippen molar-refractivity contribution in [3.05, 3.63) is 38.8 Å². The van der Waals surface area contributed by atoms with Crippen LogP contribution in [0, 0.1) is 4.51 Å². The van der Waals surface area contributed by atoms with Crippen molar-refractivity contribution in [1.82, 2.24) is 0 Å². The Morgan fingerprint density at radius 2 is 1.60 bits per heavy atom. The summed E-state index contributed by atoms with van der Waals surface area (Å²) < 4.78 is 0.619. The van der Waals surface area contributed by atoms with E-state index in [1.165, 1.54) is 0 Å². The highest BCUT2D eigenvalue weighted by molar-refractivity contribution is 7.71. The second-order valence-electron chi connectivity index (χ2n) is 1.76. The van der Waals surface area contributed by atoms with Crippen molar-refractivity contribution in [2.24, 2.45) is 0 Å². The maximum atomic E-state index is 5.70. The van der Waals surface area contributed by atoms with Gasteiger partial charge in [0.05, 0.1) is 9.53 Å². The number of rotatable bonds is 0. The molecule has 10 heavy (non-hydrogen) atoms. The molecular formula is C7H4Cl2S. The Hall–Kier alpha value is -0.110. The highest BCUT2D eigenvalue weighted by Gasteiger charge is 1.86. The first kappa shape index (κ1) is 7.99. The van der Waals surface area contributed by atoms with E-state index in [0.717, 1.165) is 0 Å². The molecule has 0 heterocycles. The van der Waals surface area contributed by atoms with Crippen molar-refractivity contribution in [3.8, 4) is 0 Å². The third-order valence-electron chi connectivity index (χ3n) is 1.02. The molecule has 3 heteroatoms. The van der Waals surface area contributed by atoms with Gasteiger partial charge in [-0.3, -0.25) is 0 Å². The molecular weight excluding hydrogens is 187 g/mol. The van der Waals surface area contributed by atoms with Crippen LogP contribution < -0.4 is 0 Å². The van der Waals surface area contributed by atoms with E-state index in [-0.39, 0.29) is 0 Å². The molecule has 0 aliphatic carbocycles. The van der Waals surface area contributed by atoms with Gasteiger partial charge >= 0.3 is 0 Å². The lowest BCUT2D eigenvalue weighted by Gasteiger charge is -1.74. The molecule has 1 aromatic rings. The fourth-order valence-electron chi connectivity index (χ4n) is 0.525. The highest BCUT2D eigenvalue weighted by atomic mass is 35.5. The maximum absolute atomic E-state index is 5.70. The smallest absolute Gasteiger partial charge is 0.0587 e. The molecule has 0 saturated carbocycles. The quantitative estimate of drug-likeness (QED) is 0.563. The first-order chi connectivity index (χ1) is 4.70. The van der Waals surface area contributed by atoms with Crippen LogP contribution in [-0.4, -0.2) is 0 Å². The minimum Gasteiger partial charge on any atom is -0.0843 e. The lowest BCUT2D eigenvalue weighted by Crippen LogP contribution is -1.52. The van der Waals surface area contributed by atoms with Gasteiger partial charge in [0.25, 0.3) is 0 Å². The Morgan fingerprint density at radius 1 is 1.00 bits per heavy atom. The Bertz CT molecular complexity index is 296. The third kappa shape index (κ3) is 1.94. The van der Waals surface area contributed by atoms with Crippen LogP contribution >= 0.6 is 35.4 Å². The van der Waals surface area contributed by atoms with E-state index in [4.69, 9.17) is 35.4 Å². The lowest BCUT2D eigenvalue weighted by molar-refractivity contribution is 1.81. The molecule has 0 fully saturated rings. The van der Waals surface area contributed by atoms with Gasteiger partial charge in [-0.1, -0.05) is 35.4 Å². The van der Waals surface area contributed by atoms with E-state index in [2.05, 4.69) is 0 Å². The topological polar surface area (TPSA) is 0 Å². The van der Waals surface area contributed by atoms with Gasteiger partial charge in [0.15, 0.2) is 0 Å². The summed E-state index contributed by atoms with van der Waals surface area (Å²) in [5, 5.41) is 1.19. The van der Waals surface area contributed by atoms with Gasteiger partial charge in [-0.25, -0.2) is 0 Å². The molecule has 0 aliphatic heterocycles. The third-order valence-corrected chi connectivity index (χ3v) is 2.07. The summed E-state index contributed by atoms with van der Waals surface area (Å²) in [6.07, 6.45) is 0. The van der Waals surface area contributed by atoms with Gasteiger partial charge in [-0.05, 0) is 24.3 Å². The minimum absolute atomic E-state index is 0.557. The average Bonchev–Trinajstić information content (AvgIpc) is 2.04. The van der Waals surface area contributed by atoms with Crippen molar-refractivity contribution in [2.75, 3.05) is 0 Å². The first-order valence-electron chi connectivity index (χ1n) is 2.65. The molecule has 0 spiro atoms. The van der Waals surface area contributed by atoms with E-state index in [0.29, 0.717) is 14.6 Å². The summed E-state index contributed by atoms with van der Waals surface area (Å²) in [6.45, 7) is 0. The second kappa shape index (κ2) is 3.33. The normalized spacial score (nSPS) is 9.40. The Labute approximate surface area is 74.4 Å². The SMILES string of the molecule is S=c1ccc(Cl)ccc1Cl. The fraction of sp³-hybridized carbons (Fsp3) is 0. The lowest BCUT2D eigenvalue weighted by atomic mass is 10.5. The molecule has 0 aliphatic rings. The molecule has 0 amide bonds. The summed E-state index contributed by atoms with van der Waals surface area (Å²) in [4.78, 5) is 0. The molecule has 1 rings (SSSR count). The molecule has 0 N–H and O–H groups in total. The van der Waals surface area contributed by atoms with Crippen molar-refractivity contribution in [1.29, 1.82) is 0 Å². The van der Waals surface area contributed by atoms with Crippen LogP contribution in [0.15, 0.2) is 24.3 Å². The first-order valence-corrected chi connectivity index (χ1v) is 3.82. The van der Waals surface area contributed by atoms with Crippen LogP contribution in [0.3, 0.4) is 0 Å². The minimum atomic E-state index is 0.557. The van der Waals surface area contributed by atoms with Crippen LogP contribution in [0.1, 0.15) is 0 Å². The number of halogens is 2. The van der Waals surface area contributed by atoms with Gasteiger partial charge in [0.1, 0.15) is 0 Å². The van der Waals surface area contributed by atoms with Gasteiger partial charge in [0, 0.05) is 5.02 Å². The van der Waals surface area contributed by atoms with Crippen LogP contribution in [-0.2, 0) is 0 Å². The Morgan fingerprint density at radius 3 is 2.30 bits per heavy atom. The monoisotopic (exact) mass is 190 g/mol. The summed E-state index contributed by atoms with van der Waals surface area (Å²) >= 11 is 16.3. The van der Waals surface area contributed by atoms with E-state index in [1.54, 1.807) is 24.3 Å². The predicted octanol–water partition coefficient (Wildman–Crippen LogP) is 3.72. The van der Waals surface area contributed by atoms with E-state index in [9.17, 15) is 0 Å². The Balaban J connectivity index is 3.43. The Kier molecular flexibility index (Phi) is 2.66. The molecule has 0 aromatic heterocycles. The molecule has 52 valence electrons. The van der Waals surface area contributed by atoms with Gasteiger partial charge in [0.2, 0.25) is 0 Å². The molecule has 0 saturated heterocycles. The fourth-order valence-corrected chi connectivity index (χ4v) is 0.913. The van der Waals surface area contributed by atoms with Crippen LogP contribution in [0.4, 0.5) is 0 Å². The van der Waals surface area contributed by atoms with Crippen LogP contribution in [0.5, 0.6) is 0 Å². The van der Waals surface area contributed by atoms with Crippen molar-refractivity contribution >= 4 is 35.4 Å². The molecule has 0 nitrogen and oxygen atoms in total. The number of hydrogen-bond donors (Lipinski definition) is 0. The van der Waals surface area contributed by atoms with Gasteiger partial charge < -0.3 is 0 Å². The highest BCUT2D eigenvalue weighted by Crippen LogP contribution is 2.12. The summed E-state index contributed by atoms with van der Waals surface area (Å²) in [5.74, 6) is 0. The van der Waals surface area contributed by atoms with Crippen LogP contribution in [0.25, 0.3) is 0 Å². The largest absolute Gasteiger partial charge is 0.0843 e. The molecule has 0 atom stereocenters. The van der Waals surface area contributed by atoms with Crippen LogP contribution in [0.2, 0.25) is 10.0 Å². The zero-order valence-corrected chi connectivity index (χ0v) is 7.30. The molecule has 0 bridgehead atoms. The maximum Gasteiger partial charge on any atom is 0.0587 e. The molecule has 0 unspecified atom stereocenters. The summed E-state index contributed by atoms with van der Waals surface area (Å²) in [7, 11) is 0. The standard InChI is InChI=1S/C7H4Cl2S/c8-5-1-3-6(9)7(10)4-2-5/h1-4H. The predicted molar refractivity (Wildman–Crippen MR) is 47.3 cm³/mol. The van der Waals surface area contributed by atoms with E-state index >= 15 is 0 Å². The van der Waals surface area contributed by atoms with Crippen molar-refractivity contribution in [2.45, 2.75) is 0 Å². The summed E-state index contributed by atoms with van der Waals surface area (Å²) in [5.41, 5.74) is 0. The average molecular weight is 191 g/mol. The van der Waals surface area contributed by atoms with E-state index in [1.807, 2.05) is 0 Å². The second-order valence-corrected chi connectivity index (χ2v) is 3.05. The van der Waals surface area contributed by atoms with Crippen molar-refractivity contribution < 1.29 is 0 Å².